The molecule has 0 atom stereocenters. The smallest absolute Gasteiger partial charge is 0.0629 e. The lowest BCUT2D eigenvalue weighted by Crippen LogP contribution is -2.15. The van der Waals surface area contributed by atoms with Gasteiger partial charge in [0.1, 0.15) is 0 Å². The van der Waals surface area contributed by atoms with Crippen LogP contribution in [0.5, 0.6) is 0 Å². The maximum Gasteiger partial charge on any atom is 0.0629 e. The van der Waals surface area contributed by atoms with E-state index < -0.39 is 5.41 Å². The van der Waals surface area contributed by atoms with Gasteiger partial charge in [0.25, 0.3) is 0 Å². The Morgan fingerprint density at radius 2 is 0.982 bits per heavy atom. The number of fused-ring (bicyclic) bond motifs is 10. The van der Waals surface area contributed by atoms with Crippen LogP contribution in [0.4, 0.5) is 0 Å². The van der Waals surface area contributed by atoms with Crippen LogP contribution in [0.1, 0.15) is 31.8 Å². The summed E-state index contributed by atoms with van der Waals surface area (Å²) in [5, 5.41) is 7.22. The molecule has 0 saturated carbocycles. The molecule has 57 heavy (non-hydrogen) atoms. The topological polar surface area (TPSA) is 9.86 Å². The second-order valence-electron chi connectivity index (χ2n) is 15.8. The third-order valence-electron chi connectivity index (χ3n) is 12.4. The fraction of sp³-hybridized carbons (Fsp3) is 0.0545. The Labute approximate surface area is 338 Å². The van der Waals surface area contributed by atoms with E-state index in [4.69, 9.17) is 6.85 Å². The summed E-state index contributed by atoms with van der Waals surface area (Å²) in [5.41, 5.74) is 13.7. The number of benzene rings is 9. The highest BCUT2D eigenvalue weighted by atomic mass is 15.0. The van der Waals surface area contributed by atoms with Crippen molar-refractivity contribution in [3.05, 3.63) is 205 Å². The van der Waals surface area contributed by atoms with Crippen molar-refractivity contribution in [1.82, 2.24) is 9.13 Å². The number of hydrogen-bond donors (Lipinski definition) is 0. The minimum atomic E-state index is -0.411. The first kappa shape index (κ1) is 27.4. The van der Waals surface area contributed by atoms with Crippen LogP contribution in [0.25, 0.3) is 99.1 Å². The maximum absolute atomic E-state index is 8.82. The van der Waals surface area contributed by atoms with Crippen molar-refractivity contribution in [2.45, 2.75) is 19.3 Å². The van der Waals surface area contributed by atoms with E-state index in [-0.39, 0.29) is 35.8 Å². The van der Waals surface area contributed by atoms with Gasteiger partial charge in [0, 0.05) is 38.3 Å². The molecule has 2 nitrogen and oxygen atoms in total. The van der Waals surface area contributed by atoms with E-state index in [1.54, 1.807) is 0 Å². The molecule has 0 radical (unpaired) electrons. The van der Waals surface area contributed by atoms with E-state index in [0.717, 1.165) is 55.8 Å². The van der Waals surface area contributed by atoms with Crippen LogP contribution in [0.2, 0.25) is 0 Å². The molecule has 0 N–H and O–H groups in total. The standard InChI is InChI=1S/C55H38N2/c1-55(2)48-20-12-19-42(36-14-4-3-5-15-36)54(48)45-28-27-41(34-49(45)55)57-51-22-11-9-18-44(51)47-33-39(25-30-53(47)57)38-24-29-52-46(32-38)43-17-8-10-21-50(43)56(52)40-26-23-35-13-6-7-16-37(35)31-40/h3-34H,1-2H3/i3D,4D,5D,14D,15D. The van der Waals surface area contributed by atoms with Crippen molar-refractivity contribution in [1.29, 1.82) is 0 Å². The van der Waals surface area contributed by atoms with Crippen LogP contribution < -0.4 is 0 Å². The highest BCUT2D eigenvalue weighted by Crippen LogP contribution is 2.53. The fourth-order valence-corrected chi connectivity index (χ4v) is 9.68. The molecule has 0 aliphatic heterocycles. The zero-order chi connectivity index (χ0) is 42.2. The monoisotopic (exact) mass is 731 g/mol. The van der Waals surface area contributed by atoms with Crippen LogP contribution in [0, 0.1) is 0 Å². The summed E-state index contributed by atoms with van der Waals surface area (Å²) in [4.78, 5) is 0. The van der Waals surface area contributed by atoms with Crippen LogP contribution in [0.3, 0.4) is 0 Å². The van der Waals surface area contributed by atoms with Gasteiger partial charge in [-0.2, -0.15) is 0 Å². The normalized spacial score (nSPS) is 14.5. The lowest BCUT2D eigenvalue weighted by molar-refractivity contribution is 0.660. The molecule has 1 aliphatic rings. The molecule has 0 unspecified atom stereocenters. The largest absolute Gasteiger partial charge is 0.309 e. The molecule has 268 valence electrons. The Kier molecular flexibility index (Phi) is 5.73. The molecule has 9 aromatic carbocycles. The van der Waals surface area contributed by atoms with Gasteiger partial charge in [0.2, 0.25) is 0 Å². The number of para-hydroxylation sites is 2. The molecule has 0 spiro atoms. The fourth-order valence-electron chi connectivity index (χ4n) is 9.68. The summed E-state index contributed by atoms with van der Waals surface area (Å²) >= 11 is 0. The molecule has 2 heterocycles. The molecule has 2 aromatic heterocycles. The summed E-state index contributed by atoms with van der Waals surface area (Å²) in [6, 6.07) is 57.2. The average molecular weight is 732 g/mol. The highest BCUT2D eigenvalue weighted by Gasteiger charge is 2.37. The molecule has 0 fully saturated rings. The van der Waals surface area contributed by atoms with Crippen molar-refractivity contribution in [3.63, 3.8) is 0 Å². The molecule has 1 aliphatic carbocycles. The molecular weight excluding hydrogens is 689 g/mol. The van der Waals surface area contributed by atoms with Crippen LogP contribution in [0.15, 0.2) is 194 Å². The van der Waals surface area contributed by atoms with Gasteiger partial charge in [0.05, 0.1) is 28.9 Å². The molecule has 0 saturated heterocycles. The van der Waals surface area contributed by atoms with E-state index >= 15 is 0 Å². The zero-order valence-corrected chi connectivity index (χ0v) is 31.5. The van der Waals surface area contributed by atoms with Crippen LogP contribution in [-0.2, 0) is 5.41 Å². The van der Waals surface area contributed by atoms with Gasteiger partial charge in [-0.3, -0.25) is 0 Å². The first-order valence-corrected chi connectivity index (χ1v) is 19.5. The summed E-state index contributed by atoms with van der Waals surface area (Å²) in [5.74, 6) is 0. The SMILES string of the molecule is [2H]c1c([2H])c([2H])c(-c2cccc3c2-c2ccc(-n4c5ccccc5c5cc(-c6ccc7c(c6)c6ccccc6n7-c6ccc7ccccc7c6)ccc54)cc2C3(C)C)c([2H])c1[2H]. The Hall–Kier alpha value is -7.16. The number of nitrogens with zero attached hydrogens (tertiary/aromatic N) is 2. The summed E-state index contributed by atoms with van der Waals surface area (Å²) < 4.78 is 47.4. The Bertz CT molecular complexity index is 3710. The average Bonchev–Trinajstić information content (AvgIpc) is 3.90. The van der Waals surface area contributed by atoms with Gasteiger partial charge >= 0.3 is 0 Å². The van der Waals surface area contributed by atoms with Crippen molar-refractivity contribution in [3.8, 4) is 44.8 Å². The molecule has 11 aromatic rings. The second-order valence-corrected chi connectivity index (χ2v) is 15.8. The first-order chi connectivity index (χ1) is 30.1. The molecule has 0 amide bonds. The minimum absolute atomic E-state index is 0.190. The number of aromatic nitrogens is 2. The van der Waals surface area contributed by atoms with E-state index in [9.17, 15) is 0 Å². The summed E-state index contributed by atoms with van der Waals surface area (Å²) in [7, 11) is 0. The predicted molar refractivity (Wildman–Crippen MR) is 241 cm³/mol. The van der Waals surface area contributed by atoms with Gasteiger partial charge in [-0.05, 0) is 116 Å². The summed E-state index contributed by atoms with van der Waals surface area (Å²) in [6.45, 7) is 4.42. The molecule has 12 rings (SSSR count). The highest BCUT2D eigenvalue weighted by molar-refractivity contribution is 6.13. The van der Waals surface area contributed by atoms with Gasteiger partial charge in [-0.15, -0.1) is 0 Å². The van der Waals surface area contributed by atoms with Crippen molar-refractivity contribution in [2.24, 2.45) is 0 Å². The zero-order valence-electron chi connectivity index (χ0n) is 36.5. The van der Waals surface area contributed by atoms with E-state index in [1.165, 1.54) is 43.4 Å². The lowest BCUT2D eigenvalue weighted by atomic mass is 9.82. The predicted octanol–water partition coefficient (Wildman–Crippen LogP) is 14.7. The Morgan fingerprint density at radius 1 is 0.404 bits per heavy atom. The maximum atomic E-state index is 8.82. The van der Waals surface area contributed by atoms with Crippen molar-refractivity contribution in [2.75, 3.05) is 0 Å². The van der Waals surface area contributed by atoms with E-state index in [0.29, 0.717) is 5.56 Å². The Morgan fingerprint density at radius 3 is 1.67 bits per heavy atom. The van der Waals surface area contributed by atoms with Gasteiger partial charge in [0.15, 0.2) is 0 Å². The minimum Gasteiger partial charge on any atom is -0.309 e. The third kappa shape index (κ3) is 4.65. The van der Waals surface area contributed by atoms with Crippen molar-refractivity contribution >= 4 is 54.4 Å². The van der Waals surface area contributed by atoms with Gasteiger partial charge in [-0.25, -0.2) is 0 Å². The molecule has 2 heteroatoms. The third-order valence-corrected chi connectivity index (χ3v) is 12.4. The quantitative estimate of drug-likeness (QED) is 0.171. The molecular formula is C55H38N2. The lowest BCUT2D eigenvalue weighted by Gasteiger charge is -2.22. The van der Waals surface area contributed by atoms with Crippen molar-refractivity contribution < 1.29 is 6.85 Å². The summed E-state index contributed by atoms with van der Waals surface area (Å²) in [6.07, 6.45) is 0. The van der Waals surface area contributed by atoms with E-state index in [1.807, 2.05) is 12.1 Å². The first-order valence-electron chi connectivity index (χ1n) is 22.0. The Balaban J connectivity index is 0.997. The molecule has 0 bridgehead atoms. The second kappa shape index (κ2) is 11.9. The van der Waals surface area contributed by atoms with E-state index in [2.05, 4.69) is 175 Å². The van der Waals surface area contributed by atoms with Crippen LogP contribution >= 0.6 is 0 Å². The number of hydrogen-bond acceptors (Lipinski definition) is 0. The van der Waals surface area contributed by atoms with Gasteiger partial charge in [-0.1, -0.05) is 147 Å². The number of rotatable bonds is 4. The van der Waals surface area contributed by atoms with Gasteiger partial charge < -0.3 is 9.13 Å². The van der Waals surface area contributed by atoms with Crippen LogP contribution in [-0.4, -0.2) is 9.13 Å².